The molecule has 0 aromatic rings. The zero-order valence-corrected chi connectivity index (χ0v) is 7.71. The molecule has 1 fully saturated rings. The monoisotopic (exact) mass is 156 g/mol. The summed E-state index contributed by atoms with van der Waals surface area (Å²) in [4.78, 5) is 2.39. The topological polar surface area (TPSA) is 29.3 Å². The quantitative estimate of drug-likeness (QED) is 0.648. The molecule has 0 aliphatic carbocycles. The van der Waals surface area contributed by atoms with Gasteiger partial charge in [-0.05, 0) is 32.4 Å². The SMILES string of the molecule is CCC[C@H]1CN(C)CC[C@H]1N. The Morgan fingerprint density at radius 1 is 1.55 bits per heavy atom. The van der Waals surface area contributed by atoms with E-state index in [9.17, 15) is 0 Å². The van der Waals surface area contributed by atoms with Crippen molar-refractivity contribution in [2.75, 3.05) is 20.1 Å². The second-order valence-electron chi connectivity index (χ2n) is 3.76. The molecule has 1 aliphatic rings. The van der Waals surface area contributed by atoms with Crippen molar-refractivity contribution in [2.45, 2.75) is 32.2 Å². The molecule has 2 nitrogen and oxygen atoms in total. The highest BCUT2D eigenvalue weighted by atomic mass is 15.1. The van der Waals surface area contributed by atoms with E-state index in [2.05, 4.69) is 18.9 Å². The van der Waals surface area contributed by atoms with Gasteiger partial charge < -0.3 is 10.6 Å². The van der Waals surface area contributed by atoms with Crippen molar-refractivity contribution in [1.29, 1.82) is 0 Å². The van der Waals surface area contributed by atoms with Crippen LogP contribution >= 0.6 is 0 Å². The summed E-state index contributed by atoms with van der Waals surface area (Å²) in [7, 11) is 2.19. The van der Waals surface area contributed by atoms with Crippen LogP contribution < -0.4 is 5.73 Å². The van der Waals surface area contributed by atoms with Crippen molar-refractivity contribution in [1.82, 2.24) is 4.90 Å². The van der Waals surface area contributed by atoms with Crippen LogP contribution in [0.2, 0.25) is 0 Å². The summed E-state index contributed by atoms with van der Waals surface area (Å²) in [6.07, 6.45) is 3.75. The summed E-state index contributed by atoms with van der Waals surface area (Å²) < 4.78 is 0. The van der Waals surface area contributed by atoms with Gasteiger partial charge in [-0.3, -0.25) is 0 Å². The van der Waals surface area contributed by atoms with E-state index in [-0.39, 0.29) is 0 Å². The highest BCUT2D eigenvalue weighted by Crippen LogP contribution is 2.18. The number of nitrogens with zero attached hydrogens (tertiary/aromatic N) is 1. The van der Waals surface area contributed by atoms with E-state index in [4.69, 9.17) is 5.73 Å². The van der Waals surface area contributed by atoms with E-state index in [1.807, 2.05) is 0 Å². The van der Waals surface area contributed by atoms with Gasteiger partial charge in [-0.25, -0.2) is 0 Å². The molecule has 11 heavy (non-hydrogen) atoms. The molecule has 0 spiro atoms. The molecule has 0 unspecified atom stereocenters. The number of piperidine rings is 1. The lowest BCUT2D eigenvalue weighted by Gasteiger charge is -2.34. The summed E-state index contributed by atoms with van der Waals surface area (Å²) in [6.45, 7) is 4.62. The lowest BCUT2D eigenvalue weighted by molar-refractivity contribution is 0.177. The fraction of sp³-hybridized carbons (Fsp3) is 1.00. The fourth-order valence-electron chi connectivity index (χ4n) is 1.91. The molecule has 0 bridgehead atoms. The first-order valence-corrected chi connectivity index (χ1v) is 4.68. The molecule has 0 radical (unpaired) electrons. The smallest absolute Gasteiger partial charge is 0.00915 e. The predicted octanol–water partition coefficient (Wildman–Crippen LogP) is 1.07. The Bertz CT molecular complexity index is 114. The summed E-state index contributed by atoms with van der Waals surface area (Å²) >= 11 is 0. The Morgan fingerprint density at radius 3 is 2.91 bits per heavy atom. The molecule has 2 heteroatoms. The standard InChI is InChI=1S/C9H20N2/c1-3-4-8-7-11(2)6-5-9(8)10/h8-9H,3-7,10H2,1-2H3/t8-,9+/m0/s1. The van der Waals surface area contributed by atoms with Gasteiger partial charge in [-0.15, -0.1) is 0 Å². The number of hydrogen-bond donors (Lipinski definition) is 1. The number of hydrogen-bond acceptors (Lipinski definition) is 2. The molecule has 1 heterocycles. The van der Waals surface area contributed by atoms with E-state index >= 15 is 0 Å². The lowest BCUT2D eigenvalue weighted by Crippen LogP contribution is -2.45. The molecular weight excluding hydrogens is 136 g/mol. The molecule has 0 saturated carbocycles. The van der Waals surface area contributed by atoms with Crippen molar-refractivity contribution in [3.63, 3.8) is 0 Å². The van der Waals surface area contributed by atoms with E-state index in [1.54, 1.807) is 0 Å². The molecule has 1 aliphatic heterocycles. The normalized spacial score (nSPS) is 34.1. The Morgan fingerprint density at radius 2 is 2.27 bits per heavy atom. The van der Waals surface area contributed by atoms with E-state index in [0.29, 0.717) is 6.04 Å². The highest BCUT2D eigenvalue weighted by Gasteiger charge is 2.23. The van der Waals surface area contributed by atoms with Gasteiger partial charge in [0.1, 0.15) is 0 Å². The van der Waals surface area contributed by atoms with Crippen LogP contribution in [0.1, 0.15) is 26.2 Å². The Kier molecular flexibility index (Phi) is 3.34. The van der Waals surface area contributed by atoms with Crippen LogP contribution in [0.5, 0.6) is 0 Å². The van der Waals surface area contributed by atoms with Crippen LogP contribution in [-0.4, -0.2) is 31.1 Å². The van der Waals surface area contributed by atoms with E-state index < -0.39 is 0 Å². The third-order valence-corrected chi connectivity index (χ3v) is 2.66. The predicted molar refractivity (Wildman–Crippen MR) is 48.5 cm³/mol. The number of nitrogens with two attached hydrogens (primary N) is 1. The zero-order chi connectivity index (χ0) is 8.27. The first-order valence-electron chi connectivity index (χ1n) is 4.68. The first-order chi connectivity index (χ1) is 5.24. The third-order valence-electron chi connectivity index (χ3n) is 2.66. The summed E-state index contributed by atoms with van der Waals surface area (Å²) in [5.41, 5.74) is 6.00. The van der Waals surface area contributed by atoms with Gasteiger partial charge in [0.2, 0.25) is 0 Å². The second-order valence-corrected chi connectivity index (χ2v) is 3.76. The molecule has 2 atom stereocenters. The minimum Gasteiger partial charge on any atom is -0.327 e. The summed E-state index contributed by atoms with van der Waals surface area (Å²) in [5, 5.41) is 0. The van der Waals surface area contributed by atoms with Crippen LogP contribution in [-0.2, 0) is 0 Å². The van der Waals surface area contributed by atoms with Gasteiger partial charge in [-0.1, -0.05) is 13.3 Å². The minimum absolute atomic E-state index is 0.464. The van der Waals surface area contributed by atoms with Gasteiger partial charge in [0, 0.05) is 12.6 Å². The zero-order valence-electron chi connectivity index (χ0n) is 7.71. The fourth-order valence-corrected chi connectivity index (χ4v) is 1.91. The maximum atomic E-state index is 6.00. The average Bonchev–Trinajstić information content (AvgIpc) is 1.98. The van der Waals surface area contributed by atoms with Gasteiger partial charge in [0.25, 0.3) is 0 Å². The Labute approximate surface area is 69.8 Å². The number of likely N-dealkylation sites (tertiary alicyclic amines) is 1. The van der Waals surface area contributed by atoms with Crippen molar-refractivity contribution in [3.8, 4) is 0 Å². The third kappa shape index (κ3) is 2.46. The van der Waals surface area contributed by atoms with Gasteiger partial charge in [0.15, 0.2) is 0 Å². The molecule has 0 aromatic carbocycles. The maximum absolute atomic E-state index is 6.00. The first kappa shape index (κ1) is 9.01. The van der Waals surface area contributed by atoms with Crippen molar-refractivity contribution >= 4 is 0 Å². The second kappa shape index (κ2) is 4.07. The van der Waals surface area contributed by atoms with Crippen LogP contribution in [0.3, 0.4) is 0 Å². The number of rotatable bonds is 2. The maximum Gasteiger partial charge on any atom is 0.00915 e. The summed E-state index contributed by atoms with van der Waals surface area (Å²) in [6, 6.07) is 0.464. The molecule has 2 N–H and O–H groups in total. The van der Waals surface area contributed by atoms with Gasteiger partial charge in [-0.2, -0.15) is 0 Å². The summed E-state index contributed by atoms with van der Waals surface area (Å²) in [5.74, 6) is 0.749. The van der Waals surface area contributed by atoms with Crippen molar-refractivity contribution in [3.05, 3.63) is 0 Å². The Hall–Kier alpha value is -0.0800. The lowest BCUT2D eigenvalue weighted by atomic mass is 9.89. The molecule has 1 saturated heterocycles. The molecule has 0 amide bonds. The minimum atomic E-state index is 0.464. The molecule has 1 rings (SSSR count). The van der Waals surface area contributed by atoms with Crippen LogP contribution in [0.4, 0.5) is 0 Å². The van der Waals surface area contributed by atoms with Crippen molar-refractivity contribution in [2.24, 2.45) is 11.7 Å². The highest BCUT2D eigenvalue weighted by molar-refractivity contribution is 4.80. The van der Waals surface area contributed by atoms with E-state index in [0.717, 1.165) is 5.92 Å². The van der Waals surface area contributed by atoms with Gasteiger partial charge in [0.05, 0.1) is 0 Å². The molecule has 0 aromatic heterocycles. The molecule has 66 valence electrons. The van der Waals surface area contributed by atoms with Crippen LogP contribution in [0.15, 0.2) is 0 Å². The molecular formula is C9H20N2. The van der Waals surface area contributed by atoms with Crippen molar-refractivity contribution < 1.29 is 0 Å². The Balaban J connectivity index is 2.34. The van der Waals surface area contributed by atoms with Crippen LogP contribution in [0, 0.1) is 5.92 Å². The van der Waals surface area contributed by atoms with Gasteiger partial charge >= 0.3 is 0 Å². The largest absolute Gasteiger partial charge is 0.327 e. The van der Waals surface area contributed by atoms with Crippen LogP contribution in [0.25, 0.3) is 0 Å². The van der Waals surface area contributed by atoms with E-state index in [1.165, 1.54) is 32.4 Å². The average molecular weight is 156 g/mol.